The zero-order valence-corrected chi connectivity index (χ0v) is 10.5. The van der Waals surface area contributed by atoms with Gasteiger partial charge < -0.3 is 0 Å². The predicted molar refractivity (Wildman–Crippen MR) is 63.7 cm³/mol. The summed E-state index contributed by atoms with van der Waals surface area (Å²) in [7, 11) is 0. The third-order valence-electron chi connectivity index (χ3n) is 2.09. The van der Waals surface area contributed by atoms with Gasteiger partial charge in [-0.1, -0.05) is 15.9 Å². The molecule has 0 atom stereocenters. The Labute approximate surface area is 102 Å². The molecule has 0 fully saturated rings. The molecule has 0 radical (unpaired) electrons. The van der Waals surface area contributed by atoms with E-state index in [4.69, 9.17) is 0 Å². The molecule has 3 aromatic rings. The van der Waals surface area contributed by atoms with Gasteiger partial charge in [-0.15, -0.1) is 5.10 Å². The van der Waals surface area contributed by atoms with E-state index in [1.807, 2.05) is 18.2 Å². The van der Waals surface area contributed by atoms with E-state index in [-0.39, 0.29) is 0 Å². The Balaban J connectivity index is 2.56. The minimum absolute atomic E-state index is 0.566. The molecule has 6 heteroatoms. The van der Waals surface area contributed by atoms with Crippen LogP contribution in [0.25, 0.3) is 16.7 Å². The van der Waals surface area contributed by atoms with Crippen LogP contribution in [0, 0.1) is 0 Å². The molecule has 0 unspecified atom stereocenters. The maximum atomic E-state index is 4.30. The van der Waals surface area contributed by atoms with Gasteiger partial charge in [0.15, 0.2) is 5.65 Å². The van der Waals surface area contributed by atoms with Gasteiger partial charge in [0, 0.05) is 4.47 Å². The summed E-state index contributed by atoms with van der Waals surface area (Å²) in [6.45, 7) is 0. The zero-order chi connectivity index (χ0) is 10.4. The van der Waals surface area contributed by atoms with Crippen molar-refractivity contribution in [1.29, 1.82) is 0 Å². The van der Waals surface area contributed by atoms with Gasteiger partial charge in [-0.3, -0.25) is 4.98 Å². The molecule has 0 aliphatic rings. The maximum absolute atomic E-state index is 4.30. The molecule has 4 nitrogen and oxygen atoms in total. The molecule has 2 aromatic heterocycles. The van der Waals surface area contributed by atoms with Crippen LogP contribution >= 0.6 is 31.9 Å². The number of hydrogen-bond acceptors (Lipinski definition) is 3. The van der Waals surface area contributed by atoms with Gasteiger partial charge in [-0.05, 0) is 34.1 Å². The molecule has 74 valence electrons. The summed E-state index contributed by atoms with van der Waals surface area (Å²) < 4.78 is 3.32. The number of rotatable bonds is 0. The van der Waals surface area contributed by atoms with Gasteiger partial charge in [-0.2, -0.15) is 4.98 Å². The minimum Gasteiger partial charge on any atom is -0.251 e. The van der Waals surface area contributed by atoms with Crippen LogP contribution in [0.5, 0.6) is 0 Å². The average Bonchev–Trinajstić information content (AvgIpc) is 2.58. The third kappa shape index (κ3) is 1.44. The second-order valence-corrected chi connectivity index (χ2v) is 4.67. The maximum Gasteiger partial charge on any atom is 0.218 e. The Bertz CT molecular complexity index is 662. The van der Waals surface area contributed by atoms with E-state index in [2.05, 4.69) is 46.9 Å². The molecule has 3 rings (SSSR count). The summed E-state index contributed by atoms with van der Waals surface area (Å²) in [6, 6.07) is 5.86. The molecule has 0 bridgehead atoms. The molecule has 15 heavy (non-hydrogen) atoms. The van der Waals surface area contributed by atoms with Crippen molar-refractivity contribution < 1.29 is 0 Å². The highest BCUT2D eigenvalue weighted by molar-refractivity contribution is 9.10. The van der Waals surface area contributed by atoms with Crippen molar-refractivity contribution in [2.24, 2.45) is 0 Å². The second-order valence-electron chi connectivity index (χ2n) is 3.04. The third-order valence-corrected chi connectivity index (χ3v) is 2.92. The first kappa shape index (κ1) is 9.23. The topological polar surface area (TPSA) is 43.1 Å². The van der Waals surface area contributed by atoms with Crippen molar-refractivity contribution >= 4 is 48.5 Å². The second kappa shape index (κ2) is 3.24. The Morgan fingerprint density at radius 3 is 2.93 bits per heavy atom. The van der Waals surface area contributed by atoms with Crippen LogP contribution in [0.3, 0.4) is 0 Å². The number of halogens is 2. The molecule has 0 aliphatic heterocycles. The molecular weight excluding hydrogens is 324 g/mol. The van der Waals surface area contributed by atoms with Gasteiger partial charge in [0.2, 0.25) is 4.73 Å². The summed E-state index contributed by atoms with van der Waals surface area (Å²) in [5, 5.41) is 4.24. The van der Waals surface area contributed by atoms with Crippen LogP contribution in [-0.2, 0) is 0 Å². The van der Waals surface area contributed by atoms with Crippen molar-refractivity contribution in [3.05, 3.63) is 33.6 Å². The van der Waals surface area contributed by atoms with E-state index in [0.717, 1.165) is 21.2 Å². The van der Waals surface area contributed by atoms with Crippen LogP contribution in [0.4, 0.5) is 0 Å². The van der Waals surface area contributed by atoms with Crippen molar-refractivity contribution in [1.82, 2.24) is 19.6 Å². The highest BCUT2D eigenvalue weighted by Crippen LogP contribution is 2.19. The first-order chi connectivity index (χ1) is 7.24. The molecular formula is C9H4Br2N4. The lowest BCUT2D eigenvalue weighted by molar-refractivity contribution is 0.977. The standard InChI is InChI=1S/C9H4Br2N4/c10-5-1-2-6-7(3-5)15-8(4-12-6)13-9(11)14-15/h1-4H. The molecule has 1 aromatic carbocycles. The predicted octanol–water partition coefficient (Wildman–Crippen LogP) is 2.80. The monoisotopic (exact) mass is 326 g/mol. The number of benzene rings is 1. The lowest BCUT2D eigenvalue weighted by Crippen LogP contribution is -1.92. The molecule has 0 saturated carbocycles. The quantitative estimate of drug-likeness (QED) is 0.637. The number of fused-ring (bicyclic) bond motifs is 3. The van der Waals surface area contributed by atoms with Crippen molar-refractivity contribution in [2.75, 3.05) is 0 Å². The summed E-state index contributed by atoms with van der Waals surface area (Å²) in [4.78, 5) is 8.48. The fraction of sp³-hybridized carbons (Fsp3) is 0. The fourth-order valence-corrected chi connectivity index (χ4v) is 2.15. The van der Waals surface area contributed by atoms with Gasteiger partial charge >= 0.3 is 0 Å². The van der Waals surface area contributed by atoms with Gasteiger partial charge in [0.05, 0.1) is 17.2 Å². The zero-order valence-electron chi connectivity index (χ0n) is 7.35. The minimum atomic E-state index is 0.566. The summed E-state index contributed by atoms with van der Waals surface area (Å²) in [5.41, 5.74) is 2.55. The lowest BCUT2D eigenvalue weighted by Gasteiger charge is -1.99. The highest BCUT2D eigenvalue weighted by Gasteiger charge is 2.05. The molecule has 0 spiro atoms. The SMILES string of the molecule is Brc1ccc2ncc3nc(Br)nn3c2c1. The van der Waals surface area contributed by atoms with Crippen LogP contribution in [0.1, 0.15) is 0 Å². The molecule has 0 N–H and O–H groups in total. The van der Waals surface area contributed by atoms with E-state index >= 15 is 0 Å². The molecule has 2 heterocycles. The Kier molecular flexibility index (Phi) is 2.00. The smallest absolute Gasteiger partial charge is 0.218 e. The summed E-state index contributed by atoms with van der Waals surface area (Å²) in [6.07, 6.45) is 1.70. The Morgan fingerprint density at radius 1 is 1.20 bits per heavy atom. The van der Waals surface area contributed by atoms with Crippen LogP contribution in [0.15, 0.2) is 33.6 Å². The average molecular weight is 328 g/mol. The van der Waals surface area contributed by atoms with E-state index < -0.39 is 0 Å². The van der Waals surface area contributed by atoms with E-state index in [9.17, 15) is 0 Å². The largest absolute Gasteiger partial charge is 0.251 e. The van der Waals surface area contributed by atoms with Crippen molar-refractivity contribution in [2.45, 2.75) is 0 Å². The Hall–Kier alpha value is -1.01. The summed E-state index contributed by atoms with van der Waals surface area (Å²) in [5.74, 6) is 0. The summed E-state index contributed by atoms with van der Waals surface area (Å²) >= 11 is 6.67. The molecule has 0 amide bonds. The number of nitrogens with zero attached hydrogens (tertiary/aromatic N) is 4. The first-order valence-corrected chi connectivity index (χ1v) is 5.79. The Morgan fingerprint density at radius 2 is 2.07 bits per heavy atom. The van der Waals surface area contributed by atoms with Crippen molar-refractivity contribution in [3.63, 3.8) is 0 Å². The number of hydrogen-bond donors (Lipinski definition) is 0. The first-order valence-electron chi connectivity index (χ1n) is 4.20. The van der Waals surface area contributed by atoms with E-state index in [0.29, 0.717) is 4.73 Å². The highest BCUT2D eigenvalue weighted by atomic mass is 79.9. The van der Waals surface area contributed by atoms with Gasteiger partial charge in [-0.25, -0.2) is 4.52 Å². The molecule has 0 saturated heterocycles. The van der Waals surface area contributed by atoms with Crippen LogP contribution < -0.4 is 0 Å². The number of aromatic nitrogens is 4. The lowest BCUT2D eigenvalue weighted by atomic mass is 10.3. The van der Waals surface area contributed by atoms with Crippen molar-refractivity contribution in [3.8, 4) is 0 Å². The van der Waals surface area contributed by atoms with Crippen LogP contribution in [0.2, 0.25) is 0 Å². The normalized spacial score (nSPS) is 11.3. The van der Waals surface area contributed by atoms with E-state index in [1.165, 1.54) is 0 Å². The van der Waals surface area contributed by atoms with Gasteiger partial charge in [0.25, 0.3) is 0 Å². The molecule has 0 aliphatic carbocycles. The fourth-order valence-electron chi connectivity index (χ4n) is 1.46. The van der Waals surface area contributed by atoms with E-state index in [1.54, 1.807) is 10.7 Å². The van der Waals surface area contributed by atoms with Crippen LogP contribution in [-0.4, -0.2) is 19.6 Å². The van der Waals surface area contributed by atoms with Gasteiger partial charge in [0.1, 0.15) is 0 Å².